The molecule has 0 aliphatic carbocycles. The molecule has 4 aromatic rings. The number of rotatable bonds is 49. The number of amides is 3. The fraction of sp³-hybridized carbons (Fsp3) is 0.652. The van der Waals surface area contributed by atoms with Crippen molar-refractivity contribution < 1.29 is 93.5 Å². The highest BCUT2D eigenvalue weighted by Gasteiger charge is 2.29. The van der Waals surface area contributed by atoms with E-state index in [1.165, 1.54) is 10.9 Å². The second-order valence-electron chi connectivity index (χ2n) is 27.1. The Morgan fingerprint density at radius 1 is 0.575 bits per heavy atom. The zero-order valence-electron chi connectivity index (χ0n) is 60.7. The number of aromatic nitrogens is 8. The van der Waals surface area contributed by atoms with Crippen molar-refractivity contribution in [3.63, 3.8) is 0 Å². The van der Waals surface area contributed by atoms with Gasteiger partial charge in [0, 0.05) is 134 Å². The summed E-state index contributed by atoms with van der Waals surface area (Å²) in [7, 11) is 1.93. The largest absolute Gasteiger partial charge is 0.481 e. The molecule has 0 bridgehead atoms. The van der Waals surface area contributed by atoms with E-state index < -0.39 is 72.3 Å². The van der Waals surface area contributed by atoms with Crippen LogP contribution < -0.4 is 30.8 Å². The number of nitrogens with zero attached hydrogens (tertiary/aromatic N) is 15. The van der Waals surface area contributed by atoms with Gasteiger partial charge in [-0.05, 0) is 87.3 Å². The Labute approximate surface area is 615 Å². The minimum Gasteiger partial charge on any atom is -0.481 e. The summed E-state index contributed by atoms with van der Waals surface area (Å²) in [5.41, 5.74) is 1.90. The normalized spacial score (nSPS) is 15.9. The number of carbonyl (C=O) groups is 10. The molecule has 2 aliphatic rings. The lowest BCUT2D eigenvalue weighted by Gasteiger charge is -2.37. The molecule has 37 heteroatoms. The van der Waals surface area contributed by atoms with Crippen LogP contribution in [0.4, 0.5) is 16.7 Å². The van der Waals surface area contributed by atoms with Crippen LogP contribution in [0.15, 0.2) is 49.1 Å². The molecule has 6 rings (SSSR count). The number of carboxylic acid groups (broad SMARTS) is 8. The molecule has 0 spiro atoms. The van der Waals surface area contributed by atoms with E-state index >= 15 is 0 Å². The first-order chi connectivity index (χ1) is 50.8. The lowest BCUT2D eigenvalue weighted by molar-refractivity contribution is -0.772. The molecule has 3 atom stereocenters. The molecule has 586 valence electrons. The molecule has 3 amide bonds. The molecule has 0 radical (unpaired) electrons. The van der Waals surface area contributed by atoms with Crippen molar-refractivity contribution in [2.45, 2.75) is 166 Å². The van der Waals surface area contributed by atoms with Gasteiger partial charge in [-0.3, -0.25) is 53.3 Å². The summed E-state index contributed by atoms with van der Waals surface area (Å²) in [6.07, 6.45) is 17.9. The zero-order valence-corrected chi connectivity index (χ0v) is 60.7. The zero-order chi connectivity index (χ0) is 76.8. The average Bonchev–Trinajstić information content (AvgIpc) is 0.881. The minimum atomic E-state index is -1.50. The van der Waals surface area contributed by atoms with Gasteiger partial charge in [-0.15, -0.1) is 4.68 Å². The molecule has 1 aromatic carbocycles. The Morgan fingerprint density at radius 2 is 1.17 bits per heavy atom. The van der Waals surface area contributed by atoms with Crippen LogP contribution in [-0.4, -0.2) is 307 Å². The number of carbonyl (C=O) groups excluding carboxylic acids is 2. The predicted octanol–water partition coefficient (Wildman–Crippen LogP) is 1.06. The van der Waals surface area contributed by atoms with Crippen LogP contribution in [-0.2, 0) is 82.3 Å². The number of hydrogen-bond acceptors (Lipinski definition) is 23. The monoisotopic (exact) mass is 1490 g/mol. The van der Waals surface area contributed by atoms with Gasteiger partial charge in [0.15, 0.2) is 12.9 Å². The number of unbranched alkanes of at least 4 members (excludes halogenated alkanes) is 10. The summed E-state index contributed by atoms with van der Waals surface area (Å²) in [6, 6.07) is 3.94. The number of likely N-dealkylation sites (N-methyl/N-ethyl adjacent to an activating group) is 1. The van der Waals surface area contributed by atoms with Crippen molar-refractivity contribution in [1.29, 1.82) is 0 Å². The number of hydrogen-bond donors (Lipinski definition) is 12. The molecule has 2 saturated heterocycles. The van der Waals surface area contributed by atoms with E-state index in [4.69, 9.17) is 20.1 Å². The van der Waals surface area contributed by atoms with Crippen LogP contribution in [0.25, 0.3) is 0 Å². The highest BCUT2D eigenvalue weighted by Crippen LogP contribution is 2.20. The van der Waals surface area contributed by atoms with Crippen LogP contribution in [0.3, 0.4) is 0 Å². The molecule has 2 fully saturated rings. The quantitative estimate of drug-likeness (QED) is 0.0217. The van der Waals surface area contributed by atoms with Gasteiger partial charge in [0.25, 0.3) is 0 Å². The van der Waals surface area contributed by atoms with E-state index in [1.54, 1.807) is 37.8 Å². The molecular formula is C69H108N19O18+. The summed E-state index contributed by atoms with van der Waals surface area (Å²) in [4.78, 5) is 153. The number of aliphatic carboxylic acids is 8. The Bertz CT molecular complexity index is 3370. The van der Waals surface area contributed by atoms with Gasteiger partial charge >= 0.3 is 53.8 Å². The fourth-order valence-corrected chi connectivity index (χ4v) is 12.8. The lowest BCUT2D eigenvalue weighted by atomic mass is 10.0. The second kappa shape index (κ2) is 46.4. The standard InChI is InChI=1S/C69H107N19O18/c1-79-31-32-81(45-60(92)93)33-34-82(46-61(94)95)37-40-85(47-62(96)97)53(43-79)41-51-17-19-52(20-18-51)42-56-76-67(72-24-11-8-14-28-83(44-57-70-25-29-86(57)48-63(98)99)50-88-73-26-30-87(88)49-64(100)101)78-68(77-56)84-38-35-80(36-39-84)27-13-7-5-3-2-4-6-9-16-58(89)71-23-12-10-15-54(65(102)103)74-69(106)75-55(66(104)105)21-22-59(90)91/h17-20,25-26,29-30,53-55H,2-16,21-24,27-28,31-50H2,1H3,(H11-,71,72,74,75,76,77,78,89,90,91,92,93,94,95,96,97,98,99,100,101,102,103,104,105,106)/p+1/t53?,54-,55-/m0/s1. The number of anilines is 2. The molecule has 12 N–H and O–H groups in total. The van der Waals surface area contributed by atoms with Crippen molar-refractivity contribution in [2.24, 2.45) is 0 Å². The highest BCUT2D eigenvalue weighted by molar-refractivity contribution is 5.86. The van der Waals surface area contributed by atoms with Crippen molar-refractivity contribution in [3.05, 3.63) is 71.8 Å². The van der Waals surface area contributed by atoms with Crippen molar-refractivity contribution in [2.75, 3.05) is 135 Å². The van der Waals surface area contributed by atoms with Gasteiger partial charge in [-0.25, -0.2) is 24.2 Å². The van der Waals surface area contributed by atoms with Gasteiger partial charge in [0.1, 0.15) is 30.3 Å². The van der Waals surface area contributed by atoms with Gasteiger partial charge in [0.2, 0.25) is 30.5 Å². The van der Waals surface area contributed by atoms with E-state index in [2.05, 4.69) is 46.0 Å². The summed E-state index contributed by atoms with van der Waals surface area (Å²) in [6.45, 7) is 7.31. The average molecular weight is 1490 g/mol. The summed E-state index contributed by atoms with van der Waals surface area (Å²) >= 11 is 0. The maximum absolute atomic E-state index is 12.5. The number of imidazole rings is 1. The summed E-state index contributed by atoms with van der Waals surface area (Å²) < 4.78 is 3.05. The van der Waals surface area contributed by atoms with Crippen molar-refractivity contribution in [3.8, 4) is 0 Å². The van der Waals surface area contributed by atoms with E-state index in [0.717, 1.165) is 101 Å². The van der Waals surface area contributed by atoms with Crippen LogP contribution >= 0.6 is 0 Å². The number of nitrogens with one attached hydrogen (secondary N) is 4. The number of carboxylic acids is 8. The van der Waals surface area contributed by atoms with Gasteiger partial charge in [0.05, 0.1) is 26.2 Å². The highest BCUT2D eigenvalue weighted by atomic mass is 16.4. The molecular weight excluding hydrogens is 1380 g/mol. The lowest BCUT2D eigenvalue weighted by Crippen LogP contribution is -2.52. The van der Waals surface area contributed by atoms with Crippen LogP contribution in [0, 0.1) is 0 Å². The minimum absolute atomic E-state index is 0.0371. The van der Waals surface area contributed by atoms with Crippen molar-refractivity contribution >= 4 is 71.6 Å². The topological polar surface area (TPSA) is 482 Å². The van der Waals surface area contributed by atoms with Crippen LogP contribution in [0.1, 0.15) is 132 Å². The van der Waals surface area contributed by atoms with E-state index in [-0.39, 0.29) is 77.3 Å². The van der Waals surface area contributed by atoms with Crippen LogP contribution in [0.2, 0.25) is 0 Å². The third-order valence-electron chi connectivity index (χ3n) is 18.5. The van der Waals surface area contributed by atoms with E-state index in [9.17, 15) is 83.7 Å². The molecule has 3 aromatic heterocycles. The summed E-state index contributed by atoms with van der Waals surface area (Å²) in [5.74, 6) is -7.04. The number of benzene rings is 1. The first-order valence-electron chi connectivity index (χ1n) is 36.5. The Balaban J connectivity index is 0.999. The fourth-order valence-electron chi connectivity index (χ4n) is 12.8. The predicted molar refractivity (Wildman–Crippen MR) is 383 cm³/mol. The Morgan fingerprint density at radius 3 is 1.81 bits per heavy atom. The molecule has 0 saturated carbocycles. The maximum Gasteiger partial charge on any atom is 0.348 e. The molecule has 106 heavy (non-hydrogen) atoms. The summed E-state index contributed by atoms with van der Waals surface area (Å²) in [5, 5.41) is 91.2. The van der Waals surface area contributed by atoms with E-state index in [1.807, 2.05) is 41.1 Å². The molecule has 1 unspecified atom stereocenters. The molecule has 2 aliphatic heterocycles. The maximum atomic E-state index is 12.5. The van der Waals surface area contributed by atoms with Crippen molar-refractivity contribution in [1.82, 2.24) is 79.7 Å². The molecule has 37 nitrogen and oxygen atoms in total. The second-order valence-corrected chi connectivity index (χ2v) is 27.1. The van der Waals surface area contributed by atoms with Gasteiger partial charge in [-0.2, -0.15) is 15.0 Å². The Kier molecular flexibility index (Phi) is 37.4. The number of urea groups is 1. The first-order valence-corrected chi connectivity index (χ1v) is 36.5. The molecule has 5 heterocycles. The van der Waals surface area contributed by atoms with Gasteiger partial charge in [-0.1, -0.05) is 69.2 Å². The van der Waals surface area contributed by atoms with Crippen LogP contribution in [0.5, 0.6) is 0 Å². The van der Waals surface area contributed by atoms with Gasteiger partial charge < -0.3 is 76.5 Å². The number of piperazine rings is 1. The SMILES string of the molecule is CN1CCN(CC(=O)O)CCN(CC(=O)O)CCN(CC(=O)O)C(Cc2ccc(Cc3nc(NCCCCCN(Cc4nccn4CC(=O)O)Cn4ncc[n+]4CC(=O)O)nc(N4CCN(CCCCCCCCCCC(=O)NCCCC[C@H](NC(=O)N[C@@H](CCC(=O)O)C(=O)O)C(=O)O)CC4)n3)cc2)C1. The van der Waals surface area contributed by atoms with E-state index in [0.29, 0.717) is 128 Å². The third-order valence-corrected chi connectivity index (χ3v) is 18.5. The Hall–Kier alpha value is -9.56. The third kappa shape index (κ3) is 33.7. The smallest absolute Gasteiger partial charge is 0.348 e. The first kappa shape index (κ1) is 85.4.